The van der Waals surface area contributed by atoms with Gasteiger partial charge in [0.25, 0.3) is 15.9 Å². The molecule has 2 heterocycles. The number of sulfonamides is 1. The Morgan fingerprint density at radius 3 is 2.71 bits per heavy atom. The fourth-order valence-corrected chi connectivity index (χ4v) is 3.39. The molecule has 0 aliphatic carbocycles. The van der Waals surface area contributed by atoms with Crippen LogP contribution in [0.15, 0.2) is 45.9 Å². The van der Waals surface area contributed by atoms with Crippen molar-refractivity contribution in [3.63, 3.8) is 0 Å². The standard InChI is InChI=1S/C18H20N2O7S/c1-19(2)28(23,24)18-8-7-13(27-18)11-26-17(22)9-10-20-14-5-3-4-6-15(14)25-12-16(20)21/h3-8H,9-12H2,1-2H3. The van der Waals surface area contributed by atoms with Crippen molar-refractivity contribution in [2.45, 2.75) is 18.1 Å². The summed E-state index contributed by atoms with van der Waals surface area (Å²) in [6, 6.07) is 9.82. The molecule has 0 atom stereocenters. The number of benzene rings is 1. The van der Waals surface area contributed by atoms with Gasteiger partial charge in [0, 0.05) is 20.6 Å². The number of carbonyl (C=O) groups is 2. The van der Waals surface area contributed by atoms with Crippen LogP contribution in [0.1, 0.15) is 12.2 Å². The zero-order valence-electron chi connectivity index (χ0n) is 15.5. The zero-order valence-corrected chi connectivity index (χ0v) is 16.3. The number of rotatable bonds is 7. The van der Waals surface area contributed by atoms with Gasteiger partial charge in [0.1, 0.15) is 18.1 Å². The molecular formula is C18H20N2O7S. The van der Waals surface area contributed by atoms with Gasteiger partial charge < -0.3 is 18.8 Å². The number of para-hydroxylation sites is 2. The van der Waals surface area contributed by atoms with Gasteiger partial charge in [0.2, 0.25) is 5.09 Å². The van der Waals surface area contributed by atoms with Gasteiger partial charge >= 0.3 is 5.97 Å². The molecule has 3 rings (SSSR count). The first-order valence-electron chi connectivity index (χ1n) is 8.48. The van der Waals surface area contributed by atoms with Crippen LogP contribution in [-0.2, 0) is 31.0 Å². The van der Waals surface area contributed by atoms with Crippen molar-refractivity contribution in [1.29, 1.82) is 0 Å². The first-order valence-corrected chi connectivity index (χ1v) is 9.92. The highest BCUT2D eigenvalue weighted by Crippen LogP contribution is 2.31. The second-order valence-corrected chi connectivity index (χ2v) is 8.30. The SMILES string of the molecule is CN(C)S(=O)(=O)c1ccc(COC(=O)CCN2C(=O)COc3ccccc32)o1. The molecule has 1 aromatic heterocycles. The largest absolute Gasteiger partial charge is 0.482 e. The Morgan fingerprint density at radius 2 is 1.96 bits per heavy atom. The Morgan fingerprint density at radius 1 is 1.21 bits per heavy atom. The third kappa shape index (κ3) is 4.18. The summed E-state index contributed by atoms with van der Waals surface area (Å²) in [7, 11) is -0.901. The number of carbonyl (C=O) groups excluding carboxylic acids is 2. The first kappa shape index (κ1) is 19.9. The summed E-state index contributed by atoms with van der Waals surface area (Å²) in [6.07, 6.45) is -0.0242. The number of anilines is 1. The molecule has 1 aliphatic heterocycles. The van der Waals surface area contributed by atoms with Crippen molar-refractivity contribution in [3.05, 3.63) is 42.2 Å². The molecule has 0 unspecified atom stereocenters. The molecule has 150 valence electrons. The van der Waals surface area contributed by atoms with Gasteiger partial charge in [-0.25, -0.2) is 12.7 Å². The maximum absolute atomic E-state index is 12.1. The molecule has 1 aromatic carbocycles. The third-order valence-electron chi connectivity index (χ3n) is 4.10. The molecule has 0 saturated carbocycles. The van der Waals surface area contributed by atoms with Gasteiger partial charge in [0.15, 0.2) is 6.61 Å². The number of hydrogen-bond acceptors (Lipinski definition) is 7. The van der Waals surface area contributed by atoms with Crippen molar-refractivity contribution in [2.75, 3.05) is 32.1 Å². The predicted molar refractivity (Wildman–Crippen MR) is 98.3 cm³/mol. The van der Waals surface area contributed by atoms with Crippen LogP contribution in [0.25, 0.3) is 0 Å². The Kier molecular flexibility index (Phi) is 5.71. The van der Waals surface area contributed by atoms with Gasteiger partial charge in [-0.15, -0.1) is 0 Å². The Balaban J connectivity index is 1.55. The lowest BCUT2D eigenvalue weighted by Gasteiger charge is -2.28. The van der Waals surface area contributed by atoms with Crippen molar-refractivity contribution in [1.82, 2.24) is 4.31 Å². The number of hydrogen-bond donors (Lipinski definition) is 0. The highest BCUT2D eigenvalue weighted by atomic mass is 32.2. The summed E-state index contributed by atoms with van der Waals surface area (Å²) in [5.74, 6) is 0.0171. The first-order chi connectivity index (χ1) is 13.3. The van der Waals surface area contributed by atoms with Crippen LogP contribution in [-0.4, -0.2) is 51.8 Å². The molecule has 0 radical (unpaired) electrons. The van der Waals surface area contributed by atoms with Gasteiger partial charge in [-0.05, 0) is 24.3 Å². The van der Waals surface area contributed by atoms with Crippen molar-refractivity contribution in [2.24, 2.45) is 0 Å². The molecule has 0 saturated heterocycles. The van der Waals surface area contributed by atoms with Gasteiger partial charge in [-0.3, -0.25) is 9.59 Å². The minimum Gasteiger partial charge on any atom is -0.482 e. The fraction of sp³-hybridized carbons (Fsp3) is 0.333. The number of nitrogens with zero attached hydrogens (tertiary/aromatic N) is 2. The van der Waals surface area contributed by atoms with Crippen LogP contribution in [0.4, 0.5) is 5.69 Å². The van der Waals surface area contributed by atoms with Crippen LogP contribution >= 0.6 is 0 Å². The molecule has 0 bridgehead atoms. The molecular weight excluding hydrogens is 388 g/mol. The van der Waals surface area contributed by atoms with E-state index in [1.807, 2.05) is 0 Å². The number of furan rings is 1. The van der Waals surface area contributed by atoms with E-state index in [1.54, 1.807) is 24.3 Å². The van der Waals surface area contributed by atoms with E-state index < -0.39 is 16.0 Å². The molecule has 1 aliphatic rings. The molecule has 10 heteroatoms. The minimum absolute atomic E-state index is 0.0242. The average molecular weight is 408 g/mol. The second kappa shape index (κ2) is 8.03. The van der Waals surface area contributed by atoms with E-state index in [4.69, 9.17) is 13.9 Å². The lowest BCUT2D eigenvalue weighted by atomic mass is 10.2. The smallest absolute Gasteiger partial charge is 0.308 e. The number of amides is 1. The van der Waals surface area contributed by atoms with E-state index in [1.165, 1.54) is 31.1 Å². The van der Waals surface area contributed by atoms with Gasteiger partial charge in [-0.1, -0.05) is 12.1 Å². The molecule has 0 fully saturated rings. The molecule has 0 N–H and O–H groups in total. The normalized spacial score (nSPS) is 14.0. The second-order valence-electron chi connectivity index (χ2n) is 6.22. The zero-order chi connectivity index (χ0) is 20.3. The number of esters is 1. The summed E-state index contributed by atoms with van der Waals surface area (Å²) < 4.78 is 40.7. The van der Waals surface area contributed by atoms with E-state index in [0.29, 0.717) is 11.4 Å². The highest BCUT2D eigenvalue weighted by Gasteiger charge is 2.26. The van der Waals surface area contributed by atoms with E-state index >= 15 is 0 Å². The van der Waals surface area contributed by atoms with E-state index in [-0.39, 0.29) is 42.9 Å². The van der Waals surface area contributed by atoms with Gasteiger partial charge in [0.05, 0.1) is 12.1 Å². The summed E-state index contributed by atoms with van der Waals surface area (Å²) in [5, 5.41) is -0.223. The molecule has 28 heavy (non-hydrogen) atoms. The minimum atomic E-state index is -3.68. The van der Waals surface area contributed by atoms with E-state index in [2.05, 4.69) is 0 Å². The van der Waals surface area contributed by atoms with E-state index in [0.717, 1.165) is 4.31 Å². The van der Waals surface area contributed by atoms with Gasteiger partial charge in [-0.2, -0.15) is 0 Å². The summed E-state index contributed by atoms with van der Waals surface area (Å²) in [5.41, 5.74) is 0.608. The maximum Gasteiger partial charge on any atom is 0.308 e. The van der Waals surface area contributed by atoms with Crippen LogP contribution in [0.5, 0.6) is 5.75 Å². The number of ether oxygens (including phenoxy) is 2. The molecule has 9 nitrogen and oxygen atoms in total. The Bertz CT molecular complexity index is 981. The Labute approximate surface area is 162 Å². The number of fused-ring (bicyclic) bond motifs is 1. The molecule has 0 spiro atoms. The van der Waals surface area contributed by atoms with Crippen molar-refractivity contribution < 1.29 is 31.9 Å². The van der Waals surface area contributed by atoms with Crippen LogP contribution < -0.4 is 9.64 Å². The predicted octanol–water partition coefficient (Wildman–Crippen LogP) is 1.39. The lowest BCUT2D eigenvalue weighted by molar-refractivity contribution is -0.145. The Hall–Kier alpha value is -2.85. The lowest BCUT2D eigenvalue weighted by Crippen LogP contribution is -2.40. The summed E-state index contributed by atoms with van der Waals surface area (Å²) >= 11 is 0. The third-order valence-corrected chi connectivity index (χ3v) is 5.78. The monoisotopic (exact) mass is 408 g/mol. The summed E-state index contributed by atoms with van der Waals surface area (Å²) in [4.78, 5) is 25.6. The molecule has 1 amide bonds. The van der Waals surface area contributed by atoms with Crippen molar-refractivity contribution >= 4 is 27.6 Å². The quantitative estimate of drug-likeness (QED) is 0.637. The van der Waals surface area contributed by atoms with E-state index in [9.17, 15) is 18.0 Å². The highest BCUT2D eigenvalue weighted by molar-refractivity contribution is 7.88. The average Bonchev–Trinajstić information content (AvgIpc) is 3.15. The topological polar surface area (TPSA) is 106 Å². The fourth-order valence-electron chi connectivity index (χ4n) is 2.58. The summed E-state index contributed by atoms with van der Waals surface area (Å²) in [6.45, 7) is -0.131. The molecule has 2 aromatic rings. The van der Waals surface area contributed by atoms with Crippen LogP contribution in [0, 0.1) is 0 Å². The van der Waals surface area contributed by atoms with Crippen LogP contribution in [0.3, 0.4) is 0 Å². The van der Waals surface area contributed by atoms with Crippen molar-refractivity contribution in [3.8, 4) is 5.75 Å². The maximum atomic E-state index is 12.1. The van der Waals surface area contributed by atoms with Crippen LogP contribution in [0.2, 0.25) is 0 Å².